The maximum Gasteiger partial charge on any atom is 0.428 e. The molecule has 170 valence electrons. The second kappa shape index (κ2) is 8.42. The highest BCUT2D eigenvalue weighted by Crippen LogP contribution is 2.33. The summed E-state index contributed by atoms with van der Waals surface area (Å²) in [5, 5.41) is 6.77. The number of aromatic nitrogens is 5. The zero-order chi connectivity index (χ0) is 23.1. The number of fused-ring (bicyclic) bond motifs is 1. The minimum atomic E-state index is -0.225. The number of pyridine rings is 1. The van der Waals surface area contributed by atoms with Crippen molar-refractivity contribution in [3.63, 3.8) is 0 Å². The summed E-state index contributed by atoms with van der Waals surface area (Å²) in [4.78, 5) is 24.9. The molecule has 1 aliphatic heterocycles. The van der Waals surface area contributed by atoms with Gasteiger partial charge in [0.05, 0.1) is 18.2 Å². The van der Waals surface area contributed by atoms with Gasteiger partial charge in [0.1, 0.15) is 5.69 Å². The molecular weight excluding hydrogens is 416 g/mol. The number of hydrogen-bond acceptors (Lipinski definition) is 6. The number of nitrogen functional groups attached to an aromatic ring is 1. The summed E-state index contributed by atoms with van der Waals surface area (Å²) >= 11 is 0. The van der Waals surface area contributed by atoms with Crippen LogP contribution in [0.25, 0.3) is 28.0 Å². The Morgan fingerprint density at radius 2 is 1.85 bits per heavy atom. The van der Waals surface area contributed by atoms with Crippen molar-refractivity contribution in [3.8, 4) is 22.4 Å². The maximum atomic E-state index is 13.4. The van der Waals surface area contributed by atoms with Crippen LogP contribution in [0.5, 0.6) is 0 Å². The van der Waals surface area contributed by atoms with E-state index in [2.05, 4.69) is 27.3 Å². The van der Waals surface area contributed by atoms with Crippen molar-refractivity contribution in [3.05, 3.63) is 64.3 Å². The topological polar surface area (TPSA) is 109 Å². The van der Waals surface area contributed by atoms with Crippen LogP contribution in [0.15, 0.2) is 47.3 Å². The molecule has 33 heavy (non-hydrogen) atoms. The first-order valence-electron chi connectivity index (χ1n) is 11.2. The van der Waals surface area contributed by atoms with Gasteiger partial charge in [0.15, 0.2) is 0 Å². The van der Waals surface area contributed by atoms with E-state index in [1.165, 1.54) is 4.40 Å². The summed E-state index contributed by atoms with van der Waals surface area (Å²) < 4.78 is 3.11. The number of anilines is 1. The minimum Gasteiger partial charge on any atom is -0.319 e. The van der Waals surface area contributed by atoms with Crippen molar-refractivity contribution in [2.45, 2.75) is 26.4 Å². The van der Waals surface area contributed by atoms with E-state index in [-0.39, 0.29) is 17.7 Å². The lowest BCUT2D eigenvalue weighted by Crippen LogP contribution is -2.53. The van der Waals surface area contributed by atoms with E-state index in [1.54, 1.807) is 4.68 Å². The van der Waals surface area contributed by atoms with E-state index in [0.717, 1.165) is 53.4 Å². The van der Waals surface area contributed by atoms with Crippen molar-refractivity contribution in [2.24, 2.45) is 0 Å². The van der Waals surface area contributed by atoms with Gasteiger partial charge >= 0.3 is 11.6 Å². The number of aromatic amines is 1. The molecule has 9 heteroatoms. The fourth-order valence-corrected chi connectivity index (χ4v) is 4.61. The average Bonchev–Trinajstić information content (AvgIpc) is 3.11. The van der Waals surface area contributed by atoms with Gasteiger partial charge in [-0.25, -0.2) is 9.89 Å². The number of nitrogens with two attached hydrogens (primary N) is 1. The number of H-pyrrole nitrogens is 1. The Hall–Kier alpha value is -3.56. The molecule has 4 aromatic rings. The van der Waals surface area contributed by atoms with Gasteiger partial charge in [-0.1, -0.05) is 30.3 Å². The normalized spacial score (nSPS) is 17.0. The van der Waals surface area contributed by atoms with E-state index < -0.39 is 0 Å². The standard InChI is InChI=1S/C24H28N8O/c1-15-11-18(12-16(2)27-15)20-21(17-7-5-4-6-8-17)28-23(25)32-22(20)29-31(24(32)33)14-19-13-26-9-10-30(19)3/h4-8,11-12,19,26H,9-10,13-14H2,1-3H3,(H2,25,27,28,29)/p+1/t19-/m1/s1. The zero-order valence-electron chi connectivity index (χ0n) is 19.2. The van der Waals surface area contributed by atoms with E-state index in [9.17, 15) is 4.79 Å². The van der Waals surface area contributed by atoms with E-state index in [4.69, 9.17) is 10.7 Å². The number of nitrogens with zero attached hydrogens (tertiary/aromatic N) is 5. The van der Waals surface area contributed by atoms with Crippen LogP contribution in [-0.4, -0.2) is 57.4 Å². The molecule has 4 heterocycles. The Kier molecular flexibility index (Phi) is 5.43. The molecule has 1 aromatic carbocycles. The molecule has 3 aromatic heterocycles. The van der Waals surface area contributed by atoms with Crippen LogP contribution in [-0.2, 0) is 6.54 Å². The minimum absolute atomic E-state index is 0.158. The highest BCUT2D eigenvalue weighted by Gasteiger charge is 2.28. The van der Waals surface area contributed by atoms with Crippen LogP contribution in [0, 0.1) is 13.8 Å². The summed E-state index contributed by atoms with van der Waals surface area (Å²) in [6, 6.07) is 14.1. The van der Waals surface area contributed by atoms with Crippen molar-refractivity contribution in [1.82, 2.24) is 30.0 Å². The Morgan fingerprint density at radius 1 is 1.12 bits per heavy atom. The first-order chi connectivity index (χ1) is 15.9. The summed E-state index contributed by atoms with van der Waals surface area (Å²) in [7, 11) is 2.09. The van der Waals surface area contributed by atoms with Crippen LogP contribution >= 0.6 is 0 Å². The molecule has 1 atom stereocenters. The number of likely N-dealkylation sites (N-methyl/N-ethyl adjacent to an activating group) is 1. The summed E-state index contributed by atoms with van der Waals surface area (Å²) in [5.74, 6) is 0.158. The highest BCUT2D eigenvalue weighted by atomic mass is 16.2. The number of hydrogen-bond donors (Lipinski definition) is 3. The van der Waals surface area contributed by atoms with Crippen LogP contribution in [0.2, 0.25) is 0 Å². The molecule has 0 bridgehead atoms. The molecule has 9 nitrogen and oxygen atoms in total. The molecule has 0 amide bonds. The smallest absolute Gasteiger partial charge is 0.319 e. The van der Waals surface area contributed by atoms with E-state index in [1.807, 2.05) is 56.3 Å². The van der Waals surface area contributed by atoms with Crippen LogP contribution in [0.3, 0.4) is 0 Å². The zero-order valence-corrected chi connectivity index (χ0v) is 19.2. The van der Waals surface area contributed by atoms with Crippen LogP contribution < -0.4 is 21.1 Å². The molecule has 4 N–H and O–H groups in total. The second-order valence-electron chi connectivity index (χ2n) is 8.73. The predicted octanol–water partition coefficient (Wildman–Crippen LogP) is 1.14. The third kappa shape index (κ3) is 3.90. The molecule has 0 radical (unpaired) electrons. The fourth-order valence-electron chi connectivity index (χ4n) is 4.61. The predicted molar refractivity (Wildman–Crippen MR) is 128 cm³/mol. The van der Waals surface area contributed by atoms with Gasteiger partial charge in [0.25, 0.3) is 0 Å². The molecule has 5 rings (SSSR count). The largest absolute Gasteiger partial charge is 0.428 e. The van der Waals surface area contributed by atoms with Gasteiger partial charge in [-0.15, -0.1) is 9.38 Å². The molecule has 0 saturated carbocycles. The molecular formula is C24H29N8O+. The second-order valence-corrected chi connectivity index (χ2v) is 8.73. The third-order valence-electron chi connectivity index (χ3n) is 6.27. The first-order valence-corrected chi connectivity index (χ1v) is 11.2. The summed E-state index contributed by atoms with van der Waals surface area (Å²) in [6.07, 6.45) is 0. The van der Waals surface area contributed by atoms with E-state index in [0.29, 0.717) is 12.2 Å². The van der Waals surface area contributed by atoms with Gasteiger partial charge in [0.2, 0.25) is 5.65 Å². The summed E-state index contributed by atoms with van der Waals surface area (Å²) in [5.41, 5.74) is 12.0. The number of nitrogens with one attached hydrogen (secondary N) is 2. The SMILES string of the molecule is Cc1cc(-c2c(-c3ccccc3)nc(N)[n+]3c(=O)n(C[C@H]4CNCCN4C)[nH]c23)cc(C)n1. The van der Waals surface area contributed by atoms with Gasteiger partial charge in [-0.05, 0) is 38.6 Å². The maximum absolute atomic E-state index is 13.4. The molecule has 0 spiro atoms. The van der Waals surface area contributed by atoms with Crippen LogP contribution in [0.4, 0.5) is 5.95 Å². The number of piperazine rings is 1. The lowest BCUT2D eigenvalue weighted by atomic mass is 9.99. The number of benzene rings is 1. The fraction of sp³-hybridized carbons (Fsp3) is 0.333. The number of aryl methyl sites for hydroxylation is 2. The van der Waals surface area contributed by atoms with Crippen molar-refractivity contribution < 1.29 is 4.40 Å². The van der Waals surface area contributed by atoms with Gasteiger partial charge in [-0.3, -0.25) is 9.88 Å². The Morgan fingerprint density at radius 3 is 2.55 bits per heavy atom. The highest BCUT2D eigenvalue weighted by molar-refractivity contribution is 5.88. The van der Waals surface area contributed by atoms with Gasteiger partial charge in [0, 0.05) is 36.6 Å². The average molecular weight is 446 g/mol. The molecule has 1 fully saturated rings. The Labute approximate surface area is 191 Å². The summed E-state index contributed by atoms with van der Waals surface area (Å²) in [6.45, 7) is 7.17. The quantitative estimate of drug-likeness (QED) is 0.407. The molecule has 0 aliphatic carbocycles. The van der Waals surface area contributed by atoms with Crippen LogP contribution in [0.1, 0.15) is 11.4 Å². The molecule has 1 saturated heterocycles. The first kappa shape index (κ1) is 21.3. The number of rotatable bonds is 4. The third-order valence-corrected chi connectivity index (χ3v) is 6.27. The Balaban J connectivity index is 1.77. The van der Waals surface area contributed by atoms with Crippen molar-refractivity contribution in [2.75, 3.05) is 32.4 Å². The lowest BCUT2D eigenvalue weighted by Gasteiger charge is -2.31. The Bertz CT molecular complexity index is 1350. The van der Waals surface area contributed by atoms with Gasteiger partial charge in [-0.2, -0.15) is 4.68 Å². The monoisotopic (exact) mass is 445 g/mol. The molecule has 0 unspecified atom stereocenters. The van der Waals surface area contributed by atoms with E-state index >= 15 is 0 Å². The van der Waals surface area contributed by atoms with Crippen molar-refractivity contribution in [1.29, 1.82) is 0 Å². The lowest BCUT2D eigenvalue weighted by molar-refractivity contribution is -0.516. The van der Waals surface area contributed by atoms with Crippen molar-refractivity contribution >= 4 is 11.6 Å². The molecule has 1 aliphatic rings. The van der Waals surface area contributed by atoms with Gasteiger partial charge < -0.3 is 11.1 Å².